The Morgan fingerprint density at radius 2 is 2.25 bits per heavy atom. The quantitative estimate of drug-likeness (QED) is 0.805. The van der Waals surface area contributed by atoms with Crippen LogP contribution in [0.15, 0.2) is 4.90 Å². The van der Waals surface area contributed by atoms with Crippen LogP contribution in [-0.2, 0) is 16.6 Å². The molecule has 8 heteroatoms. The first-order chi connectivity index (χ1) is 9.45. The van der Waals surface area contributed by atoms with Crippen molar-refractivity contribution in [2.75, 3.05) is 18.1 Å². The minimum atomic E-state index is -3.52. The van der Waals surface area contributed by atoms with Gasteiger partial charge in [0.05, 0.1) is 11.4 Å². The predicted octanol–water partition coefficient (Wildman–Crippen LogP) is 0.666. The van der Waals surface area contributed by atoms with Gasteiger partial charge in [-0.15, -0.1) is 0 Å². The van der Waals surface area contributed by atoms with Crippen LogP contribution >= 0.6 is 11.8 Å². The van der Waals surface area contributed by atoms with Gasteiger partial charge in [-0.25, -0.2) is 13.1 Å². The van der Waals surface area contributed by atoms with Gasteiger partial charge in [0, 0.05) is 24.9 Å². The van der Waals surface area contributed by atoms with Crippen LogP contribution in [0.2, 0.25) is 0 Å². The molecule has 0 spiro atoms. The van der Waals surface area contributed by atoms with Gasteiger partial charge >= 0.3 is 0 Å². The number of sulfonamides is 1. The third-order valence-corrected chi connectivity index (χ3v) is 6.30. The average Bonchev–Trinajstić information content (AvgIpc) is 2.94. The highest BCUT2D eigenvalue weighted by molar-refractivity contribution is 7.99. The summed E-state index contributed by atoms with van der Waals surface area (Å²) >= 11 is 1.77. The molecule has 1 aliphatic heterocycles. The summed E-state index contributed by atoms with van der Waals surface area (Å²) in [5, 5.41) is 13.1. The zero-order valence-corrected chi connectivity index (χ0v) is 13.4. The summed E-state index contributed by atoms with van der Waals surface area (Å²) < 4.78 is 29.4. The van der Waals surface area contributed by atoms with Crippen molar-refractivity contribution in [1.82, 2.24) is 14.5 Å². The van der Waals surface area contributed by atoms with Gasteiger partial charge in [0.25, 0.3) is 0 Å². The Morgan fingerprint density at radius 3 is 2.85 bits per heavy atom. The monoisotopic (exact) mass is 319 g/mol. The van der Waals surface area contributed by atoms with E-state index in [-0.39, 0.29) is 17.5 Å². The highest BCUT2D eigenvalue weighted by Gasteiger charge is 2.28. The number of thioether (sulfide) groups is 1. The van der Waals surface area contributed by atoms with Gasteiger partial charge in [-0.05, 0) is 32.4 Å². The normalized spacial score (nSPS) is 19.6. The Balaban J connectivity index is 2.24. The molecule has 2 rings (SSSR count). The van der Waals surface area contributed by atoms with Crippen LogP contribution in [0.3, 0.4) is 0 Å². The second kappa shape index (κ2) is 6.46. The number of aliphatic hydroxyl groups is 1. The Hall–Kier alpha value is -0.570. The van der Waals surface area contributed by atoms with E-state index in [1.165, 1.54) is 0 Å². The van der Waals surface area contributed by atoms with Crippen molar-refractivity contribution in [1.29, 1.82) is 0 Å². The Bertz CT molecular complexity index is 563. The van der Waals surface area contributed by atoms with E-state index < -0.39 is 10.0 Å². The largest absolute Gasteiger partial charge is 0.396 e. The minimum Gasteiger partial charge on any atom is -0.396 e. The number of nitrogens with one attached hydrogen (secondary N) is 1. The van der Waals surface area contributed by atoms with E-state index in [9.17, 15) is 8.42 Å². The molecule has 1 atom stereocenters. The highest BCUT2D eigenvalue weighted by atomic mass is 32.2. The van der Waals surface area contributed by atoms with Crippen LogP contribution in [0.5, 0.6) is 0 Å². The van der Waals surface area contributed by atoms with Crippen molar-refractivity contribution >= 4 is 21.8 Å². The van der Waals surface area contributed by atoms with Crippen molar-refractivity contribution in [2.24, 2.45) is 0 Å². The highest BCUT2D eigenvalue weighted by Crippen LogP contribution is 2.23. The first kappa shape index (κ1) is 15.8. The fourth-order valence-corrected chi connectivity index (χ4v) is 5.35. The number of rotatable bonds is 6. The second-order valence-corrected chi connectivity index (χ2v) is 7.78. The molecule has 1 aromatic heterocycles. The molecule has 1 aliphatic rings. The summed E-state index contributed by atoms with van der Waals surface area (Å²) in [4.78, 5) is 0.285. The van der Waals surface area contributed by atoms with Gasteiger partial charge in [0.1, 0.15) is 4.90 Å². The van der Waals surface area contributed by atoms with E-state index in [4.69, 9.17) is 5.11 Å². The van der Waals surface area contributed by atoms with Gasteiger partial charge in [0.2, 0.25) is 10.0 Å². The summed E-state index contributed by atoms with van der Waals surface area (Å²) in [6.45, 7) is 4.06. The lowest BCUT2D eigenvalue weighted by Crippen LogP contribution is -2.35. The van der Waals surface area contributed by atoms with E-state index in [1.807, 2.05) is 0 Å². The molecular weight excluding hydrogens is 298 g/mol. The average molecular weight is 319 g/mol. The SMILES string of the molecule is Cc1nn(CCCO)c(C)c1S(=O)(=O)NC1CCSC1. The number of aromatic nitrogens is 2. The number of hydrogen-bond acceptors (Lipinski definition) is 5. The summed E-state index contributed by atoms with van der Waals surface area (Å²) in [5.74, 6) is 1.83. The molecule has 1 fully saturated rings. The Kier molecular flexibility index (Phi) is 5.11. The van der Waals surface area contributed by atoms with E-state index in [0.717, 1.165) is 17.9 Å². The first-order valence-corrected chi connectivity index (χ1v) is 9.34. The summed E-state index contributed by atoms with van der Waals surface area (Å²) in [5.41, 5.74) is 1.15. The number of nitrogens with zero attached hydrogens (tertiary/aromatic N) is 2. The van der Waals surface area contributed by atoms with Gasteiger partial charge in [-0.2, -0.15) is 16.9 Å². The summed E-state index contributed by atoms with van der Waals surface area (Å²) in [7, 11) is -3.52. The topological polar surface area (TPSA) is 84.2 Å². The molecule has 0 radical (unpaired) electrons. The fourth-order valence-electron chi connectivity index (χ4n) is 2.41. The smallest absolute Gasteiger partial charge is 0.244 e. The van der Waals surface area contributed by atoms with Crippen LogP contribution in [-0.4, -0.2) is 47.5 Å². The molecule has 1 aromatic rings. The third-order valence-electron chi connectivity index (χ3n) is 3.36. The standard InChI is InChI=1S/C12H21N3O3S2/c1-9-12(10(2)15(13-9)5-3-6-16)20(17,18)14-11-4-7-19-8-11/h11,14,16H,3-8H2,1-2H3. The summed E-state index contributed by atoms with van der Waals surface area (Å²) in [6, 6.07) is 0.0181. The van der Waals surface area contributed by atoms with E-state index in [0.29, 0.717) is 24.4 Å². The fraction of sp³-hybridized carbons (Fsp3) is 0.750. The maximum Gasteiger partial charge on any atom is 0.244 e. The number of hydrogen-bond donors (Lipinski definition) is 2. The lowest BCUT2D eigenvalue weighted by Gasteiger charge is -2.12. The van der Waals surface area contributed by atoms with Crippen LogP contribution in [0.4, 0.5) is 0 Å². The molecule has 114 valence electrons. The molecule has 2 heterocycles. The van der Waals surface area contributed by atoms with E-state index in [2.05, 4.69) is 9.82 Å². The lowest BCUT2D eigenvalue weighted by atomic mass is 10.3. The van der Waals surface area contributed by atoms with Gasteiger partial charge < -0.3 is 5.11 Å². The zero-order valence-electron chi connectivity index (χ0n) is 11.8. The maximum atomic E-state index is 12.5. The van der Waals surface area contributed by atoms with Crippen molar-refractivity contribution in [3.8, 4) is 0 Å². The van der Waals surface area contributed by atoms with Crippen molar-refractivity contribution in [3.05, 3.63) is 11.4 Å². The maximum absolute atomic E-state index is 12.5. The van der Waals surface area contributed by atoms with Crippen molar-refractivity contribution in [3.63, 3.8) is 0 Å². The molecule has 0 aromatic carbocycles. The molecule has 0 bridgehead atoms. The molecule has 6 nitrogen and oxygen atoms in total. The minimum absolute atomic E-state index is 0.0181. The molecule has 2 N–H and O–H groups in total. The number of aryl methyl sites for hydroxylation is 2. The third kappa shape index (κ3) is 3.36. The van der Waals surface area contributed by atoms with Crippen LogP contribution in [0.1, 0.15) is 24.2 Å². The molecular formula is C12H21N3O3S2. The van der Waals surface area contributed by atoms with Gasteiger partial charge in [-0.1, -0.05) is 0 Å². The molecule has 1 saturated heterocycles. The Morgan fingerprint density at radius 1 is 1.50 bits per heavy atom. The van der Waals surface area contributed by atoms with Crippen LogP contribution in [0, 0.1) is 13.8 Å². The summed E-state index contributed by atoms with van der Waals surface area (Å²) in [6.07, 6.45) is 1.44. The molecule has 20 heavy (non-hydrogen) atoms. The Labute approximate surface area is 124 Å². The predicted molar refractivity (Wildman–Crippen MR) is 79.5 cm³/mol. The van der Waals surface area contributed by atoms with Gasteiger partial charge in [0.15, 0.2) is 0 Å². The molecule has 0 aliphatic carbocycles. The zero-order chi connectivity index (χ0) is 14.8. The van der Waals surface area contributed by atoms with E-state index in [1.54, 1.807) is 30.3 Å². The van der Waals surface area contributed by atoms with Gasteiger partial charge in [-0.3, -0.25) is 4.68 Å². The number of aliphatic hydroxyl groups excluding tert-OH is 1. The van der Waals surface area contributed by atoms with Crippen molar-refractivity contribution in [2.45, 2.75) is 44.2 Å². The first-order valence-electron chi connectivity index (χ1n) is 6.70. The molecule has 0 amide bonds. The molecule has 1 unspecified atom stereocenters. The second-order valence-electron chi connectivity index (χ2n) is 4.98. The lowest BCUT2D eigenvalue weighted by molar-refractivity contribution is 0.276. The van der Waals surface area contributed by atoms with Crippen LogP contribution < -0.4 is 4.72 Å². The van der Waals surface area contributed by atoms with Crippen molar-refractivity contribution < 1.29 is 13.5 Å². The van der Waals surface area contributed by atoms with E-state index >= 15 is 0 Å². The van der Waals surface area contributed by atoms with Crippen LogP contribution in [0.25, 0.3) is 0 Å². The molecule has 0 saturated carbocycles.